The highest BCUT2D eigenvalue weighted by atomic mass is 35.5. The first-order valence-corrected chi connectivity index (χ1v) is 6.95. The van der Waals surface area contributed by atoms with Crippen LogP contribution < -0.4 is 4.72 Å². The number of hydrogen-bond acceptors (Lipinski definition) is 2. The fraction of sp³-hybridized carbons (Fsp3) is 0.455. The van der Waals surface area contributed by atoms with Crippen molar-refractivity contribution in [3.63, 3.8) is 0 Å². The molecule has 1 aromatic rings. The smallest absolute Gasteiger partial charge is 0.211 e. The topological polar surface area (TPSA) is 46.2 Å². The van der Waals surface area contributed by atoms with Crippen LogP contribution in [-0.4, -0.2) is 15.0 Å². The summed E-state index contributed by atoms with van der Waals surface area (Å²) in [5.74, 6) is 0.280. The zero-order valence-electron chi connectivity index (χ0n) is 9.62. The lowest BCUT2D eigenvalue weighted by Gasteiger charge is -2.10. The van der Waals surface area contributed by atoms with E-state index < -0.39 is 10.0 Å². The minimum atomic E-state index is -3.41. The summed E-state index contributed by atoms with van der Waals surface area (Å²) in [5, 5.41) is 0.542. The molecule has 0 aliphatic heterocycles. The van der Waals surface area contributed by atoms with E-state index in [1.807, 2.05) is 13.8 Å². The Labute approximate surface area is 102 Å². The average Bonchev–Trinajstić information content (AvgIpc) is 2.14. The molecule has 1 N–H and O–H groups in total. The predicted molar refractivity (Wildman–Crippen MR) is 66.2 cm³/mol. The van der Waals surface area contributed by atoms with Crippen molar-refractivity contribution in [3.05, 3.63) is 28.8 Å². The number of benzene rings is 1. The Kier molecular flexibility index (Phi) is 4.35. The van der Waals surface area contributed by atoms with Crippen LogP contribution in [0, 0.1) is 12.8 Å². The van der Waals surface area contributed by atoms with Gasteiger partial charge in [0.15, 0.2) is 0 Å². The van der Waals surface area contributed by atoms with Gasteiger partial charge in [0.25, 0.3) is 0 Å². The van der Waals surface area contributed by atoms with Crippen molar-refractivity contribution in [1.82, 2.24) is 4.72 Å². The van der Waals surface area contributed by atoms with Crippen LogP contribution in [0.5, 0.6) is 0 Å². The van der Waals surface area contributed by atoms with E-state index in [0.29, 0.717) is 17.1 Å². The van der Waals surface area contributed by atoms with E-state index in [1.54, 1.807) is 19.1 Å². The van der Waals surface area contributed by atoms with Crippen molar-refractivity contribution in [2.24, 2.45) is 5.92 Å². The van der Waals surface area contributed by atoms with Gasteiger partial charge in [0.05, 0.1) is 4.90 Å². The molecule has 1 aromatic carbocycles. The van der Waals surface area contributed by atoms with Crippen molar-refractivity contribution >= 4 is 21.6 Å². The maximum atomic E-state index is 11.9. The second kappa shape index (κ2) is 5.17. The molecule has 3 nitrogen and oxygen atoms in total. The largest absolute Gasteiger partial charge is 0.240 e. The molecule has 0 fully saturated rings. The molecule has 0 radical (unpaired) electrons. The van der Waals surface area contributed by atoms with Crippen LogP contribution in [0.15, 0.2) is 23.1 Å². The van der Waals surface area contributed by atoms with E-state index in [1.165, 1.54) is 6.07 Å². The maximum Gasteiger partial charge on any atom is 0.240 e. The number of halogens is 1. The highest BCUT2D eigenvalue weighted by molar-refractivity contribution is 7.89. The molecular formula is C11H16ClNO2S. The number of hydrogen-bond donors (Lipinski definition) is 1. The molecule has 1 rings (SSSR count). The molecule has 0 spiro atoms. The number of aryl methyl sites for hydroxylation is 1. The van der Waals surface area contributed by atoms with Gasteiger partial charge < -0.3 is 0 Å². The lowest BCUT2D eigenvalue weighted by Crippen LogP contribution is -2.28. The van der Waals surface area contributed by atoms with E-state index in [4.69, 9.17) is 11.6 Å². The Morgan fingerprint density at radius 2 is 2.00 bits per heavy atom. The lowest BCUT2D eigenvalue weighted by atomic mass is 10.2. The van der Waals surface area contributed by atoms with Gasteiger partial charge in [-0.1, -0.05) is 25.4 Å². The fourth-order valence-electron chi connectivity index (χ4n) is 1.27. The van der Waals surface area contributed by atoms with Gasteiger partial charge in [-0.05, 0) is 36.6 Å². The summed E-state index contributed by atoms with van der Waals surface area (Å²) in [6, 6.07) is 4.75. The summed E-state index contributed by atoms with van der Waals surface area (Å²) in [4.78, 5) is 0.289. The molecular weight excluding hydrogens is 246 g/mol. The molecule has 0 bridgehead atoms. The maximum absolute atomic E-state index is 11.9. The van der Waals surface area contributed by atoms with Crippen LogP contribution >= 0.6 is 11.6 Å². The average molecular weight is 262 g/mol. The normalized spacial score (nSPS) is 12.1. The molecule has 0 aromatic heterocycles. The van der Waals surface area contributed by atoms with Gasteiger partial charge in [-0.3, -0.25) is 0 Å². The summed E-state index contributed by atoms with van der Waals surface area (Å²) >= 11 is 5.78. The SMILES string of the molecule is Cc1cc(Cl)ccc1S(=O)(=O)NCC(C)C. The third-order valence-electron chi connectivity index (χ3n) is 2.11. The van der Waals surface area contributed by atoms with E-state index >= 15 is 0 Å². The Morgan fingerprint density at radius 1 is 1.38 bits per heavy atom. The molecule has 0 heterocycles. The zero-order valence-corrected chi connectivity index (χ0v) is 11.2. The zero-order chi connectivity index (χ0) is 12.3. The standard InChI is InChI=1S/C11H16ClNO2S/c1-8(2)7-13-16(14,15)11-5-4-10(12)6-9(11)3/h4-6,8,13H,7H2,1-3H3. The molecule has 0 atom stereocenters. The van der Waals surface area contributed by atoms with Crippen LogP contribution in [0.3, 0.4) is 0 Å². The van der Waals surface area contributed by atoms with Crippen LogP contribution in [0.2, 0.25) is 5.02 Å². The van der Waals surface area contributed by atoms with Crippen molar-refractivity contribution in [3.8, 4) is 0 Å². The van der Waals surface area contributed by atoms with Gasteiger partial charge in [0.2, 0.25) is 10.0 Å². The minimum Gasteiger partial charge on any atom is -0.211 e. The Balaban J connectivity index is 2.99. The monoisotopic (exact) mass is 261 g/mol. The molecule has 0 amide bonds. The molecule has 0 aliphatic carbocycles. The fourth-order valence-corrected chi connectivity index (χ4v) is 2.93. The molecule has 0 saturated carbocycles. The van der Waals surface area contributed by atoms with Crippen molar-refractivity contribution in [2.45, 2.75) is 25.7 Å². The van der Waals surface area contributed by atoms with Crippen molar-refractivity contribution in [2.75, 3.05) is 6.54 Å². The summed E-state index contributed by atoms with van der Waals surface area (Å²) < 4.78 is 26.4. The summed E-state index contributed by atoms with van der Waals surface area (Å²) in [6.45, 7) is 6.08. The van der Waals surface area contributed by atoms with Gasteiger partial charge in [0.1, 0.15) is 0 Å². The first-order chi connectivity index (χ1) is 7.33. The summed E-state index contributed by atoms with van der Waals surface area (Å²) in [5.41, 5.74) is 0.656. The number of sulfonamides is 1. The lowest BCUT2D eigenvalue weighted by molar-refractivity contribution is 0.559. The second-order valence-corrected chi connectivity index (χ2v) is 6.33. The van der Waals surface area contributed by atoms with Gasteiger partial charge in [0, 0.05) is 11.6 Å². The molecule has 5 heteroatoms. The van der Waals surface area contributed by atoms with Crippen LogP contribution in [0.4, 0.5) is 0 Å². The minimum absolute atomic E-state index is 0.280. The second-order valence-electron chi connectivity index (χ2n) is 4.16. The Morgan fingerprint density at radius 3 is 2.50 bits per heavy atom. The number of rotatable bonds is 4. The summed E-state index contributed by atoms with van der Waals surface area (Å²) in [6.07, 6.45) is 0. The van der Waals surface area contributed by atoms with E-state index in [0.717, 1.165) is 0 Å². The molecule has 16 heavy (non-hydrogen) atoms. The highest BCUT2D eigenvalue weighted by Crippen LogP contribution is 2.19. The summed E-state index contributed by atoms with van der Waals surface area (Å²) in [7, 11) is -3.41. The first kappa shape index (κ1) is 13.5. The van der Waals surface area contributed by atoms with Crippen molar-refractivity contribution in [1.29, 1.82) is 0 Å². The predicted octanol–water partition coefficient (Wildman–Crippen LogP) is 2.58. The van der Waals surface area contributed by atoms with Crippen LogP contribution in [-0.2, 0) is 10.0 Å². The highest BCUT2D eigenvalue weighted by Gasteiger charge is 2.16. The Hall–Kier alpha value is -0.580. The van der Waals surface area contributed by atoms with Crippen molar-refractivity contribution < 1.29 is 8.42 Å². The number of nitrogens with one attached hydrogen (secondary N) is 1. The Bertz CT molecular complexity index is 469. The van der Waals surface area contributed by atoms with E-state index in [9.17, 15) is 8.42 Å². The molecule has 0 aliphatic rings. The van der Waals surface area contributed by atoms with Gasteiger partial charge in [-0.15, -0.1) is 0 Å². The third kappa shape index (κ3) is 3.47. The van der Waals surface area contributed by atoms with Gasteiger partial charge in [-0.2, -0.15) is 0 Å². The first-order valence-electron chi connectivity index (χ1n) is 5.09. The quantitative estimate of drug-likeness (QED) is 0.906. The van der Waals surface area contributed by atoms with Gasteiger partial charge in [-0.25, -0.2) is 13.1 Å². The van der Waals surface area contributed by atoms with E-state index in [-0.39, 0.29) is 10.8 Å². The van der Waals surface area contributed by atoms with Gasteiger partial charge >= 0.3 is 0 Å². The van der Waals surface area contributed by atoms with E-state index in [2.05, 4.69) is 4.72 Å². The molecule has 0 unspecified atom stereocenters. The van der Waals surface area contributed by atoms with Crippen LogP contribution in [0.1, 0.15) is 19.4 Å². The molecule has 90 valence electrons. The third-order valence-corrected chi connectivity index (χ3v) is 3.93. The molecule has 0 saturated heterocycles. The van der Waals surface area contributed by atoms with Crippen LogP contribution in [0.25, 0.3) is 0 Å².